The van der Waals surface area contributed by atoms with Gasteiger partial charge in [-0.15, -0.1) is 0 Å². The summed E-state index contributed by atoms with van der Waals surface area (Å²) in [5.74, 6) is 0.310. The van der Waals surface area contributed by atoms with Gasteiger partial charge in [-0.2, -0.15) is 18.3 Å². The smallest absolute Gasteiger partial charge is 0.298 e. The van der Waals surface area contributed by atoms with Gasteiger partial charge in [0, 0.05) is 6.54 Å². The van der Waals surface area contributed by atoms with Crippen LogP contribution in [0.15, 0.2) is 0 Å². The molecule has 0 radical (unpaired) electrons. The summed E-state index contributed by atoms with van der Waals surface area (Å²) in [7, 11) is 0. The van der Waals surface area contributed by atoms with Crippen molar-refractivity contribution in [1.29, 1.82) is 0 Å². The molecule has 0 N–H and O–H groups in total. The number of aldehydes is 1. The van der Waals surface area contributed by atoms with Crippen LogP contribution in [0.3, 0.4) is 0 Å². The maximum Gasteiger partial charge on any atom is 0.435 e. The van der Waals surface area contributed by atoms with Gasteiger partial charge in [0.2, 0.25) is 0 Å². The van der Waals surface area contributed by atoms with Crippen molar-refractivity contribution in [1.82, 2.24) is 9.78 Å². The molecule has 0 amide bonds. The minimum atomic E-state index is -4.66. The number of rotatable bonds is 4. The Balaban J connectivity index is 3.09. The first-order valence-corrected chi connectivity index (χ1v) is 5.43. The Morgan fingerprint density at radius 1 is 1.47 bits per heavy atom. The Morgan fingerprint density at radius 3 is 2.41 bits per heavy atom. The third-order valence-electron chi connectivity index (χ3n) is 2.23. The number of halogens is 4. The number of aryl methyl sites for hydroxylation is 1. The van der Waals surface area contributed by atoms with Gasteiger partial charge < -0.3 is 0 Å². The van der Waals surface area contributed by atoms with Crippen LogP contribution >= 0.6 is 11.6 Å². The monoisotopic (exact) mass is 268 g/mol. The van der Waals surface area contributed by atoms with E-state index in [-0.39, 0.29) is 18.0 Å². The minimum absolute atomic E-state index is 0.0873. The Kier molecular flexibility index (Phi) is 4.19. The van der Waals surface area contributed by atoms with Crippen LogP contribution < -0.4 is 0 Å². The first-order valence-electron chi connectivity index (χ1n) is 5.06. The summed E-state index contributed by atoms with van der Waals surface area (Å²) in [6, 6.07) is 0. The highest BCUT2D eigenvalue weighted by Gasteiger charge is 2.38. The molecule has 17 heavy (non-hydrogen) atoms. The standard InChI is InChI=1S/C10H12ClF3N2O/c1-6(2)3-4-16-9(11)7(5-17)8(15-16)10(12,13)14/h5-6H,3-4H2,1-2H3. The second-order valence-corrected chi connectivity index (χ2v) is 4.43. The molecular formula is C10H12ClF3N2O. The van der Waals surface area contributed by atoms with Crippen molar-refractivity contribution in [2.24, 2.45) is 5.92 Å². The molecule has 1 aromatic rings. The van der Waals surface area contributed by atoms with Crippen LogP contribution in [0.25, 0.3) is 0 Å². The number of hydrogen-bond donors (Lipinski definition) is 0. The third-order valence-corrected chi connectivity index (χ3v) is 2.63. The molecule has 96 valence electrons. The first kappa shape index (κ1) is 14.0. The predicted molar refractivity (Wildman–Crippen MR) is 57.1 cm³/mol. The van der Waals surface area contributed by atoms with Crippen LogP contribution in [-0.2, 0) is 12.7 Å². The fourth-order valence-electron chi connectivity index (χ4n) is 1.30. The zero-order valence-electron chi connectivity index (χ0n) is 9.38. The van der Waals surface area contributed by atoms with E-state index in [1.807, 2.05) is 13.8 Å². The third kappa shape index (κ3) is 3.21. The van der Waals surface area contributed by atoms with Crippen LogP contribution in [0, 0.1) is 5.92 Å². The molecule has 0 aliphatic rings. The molecule has 0 fully saturated rings. The van der Waals surface area contributed by atoms with Gasteiger partial charge in [0.25, 0.3) is 0 Å². The van der Waals surface area contributed by atoms with E-state index in [0.717, 1.165) is 4.68 Å². The molecule has 0 aromatic carbocycles. The summed E-state index contributed by atoms with van der Waals surface area (Å²) in [5, 5.41) is 3.10. The molecule has 0 saturated carbocycles. The Morgan fingerprint density at radius 2 is 2.06 bits per heavy atom. The Labute approximate surface area is 102 Å². The maximum atomic E-state index is 12.5. The van der Waals surface area contributed by atoms with E-state index in [1.54, 1.807) is 0 Å². The first-order chi connectivity index (χ1) is 7.77. The van der Waals surface area contributed by atoms with Crippen molar-refractivity contribution >= 4 is 17.9 Å². The molecule has 0 atom stereocenters. The summed E-state index contributed by atoms with van der Waals surface area (Å²) < 4.78 is 38.6. The number of hydrogen-bond acceptors (Lipinski definition) is 2. The summed E-state index contributed by atoms with van der Waals surface area (Å²) in [6.45, 7) is 4.12. The fourth-order valence-corrected chi connectivity index (χ4v) is 1.55. The van der Waals surface area contributed by atoms with Gasteiger partial charge in [-0.3, -0.25) is 9.48 Å². The Hall–Kier alpha value is -1.04. The average molecular weight is 269 g/mol. The number of carbonyl (C=O) groups is 1. The molecule has 3 nitrogen and oxygen atoms in total. The van der Waals surface area contributed by atoms with Crippen molar-refractivity contribution in [3.8, 4) is 0 Å². The number of aromatic nitrogens is 2. The SMILES string of the molecule is CC(C)CCn1nc(C(F)(F)F)c(C=O)c1Cl. The maximum absolute atomic E-state index is 12.5. The van der Waals surface area contributed by atoms with Crippen molar-refractivity contribution in [3.05, 3.63) is 16.4 Å². The highest BCUT2D eigenvalue weighted by Crippen LogP contribution is 2.33. The van der Waals surface area contributed by atoms with Crippen molar-refractivity contribution in [3.63, 3.8) is 0 Å². The molecule has 1 aromatic heterocycles. The molecule has 1 heterocycles. The molecule has 0 aliphatic carbocycles. The number of nitrogens with zero attached hydrogens (tertiary/aromatic N) is 2. The minimum Gasteiger partial charge on any atom is -0.298 e. The molecular weight excluding hydrogens is 257 g/mol. The van der Waals surface area contributed by atoms with E-state index in [1.165, 1.54) is 0 Å². The molecule has 1 rings (SSSR count). The normalized spacial score (nSPS) is 12.2. The van der Waals surface area contributed by atoms with Crippen LogP contribution in [0.5, 0.6) is 0 Å². The van der Waals surface area contributed by atoms with E-state index in [9.17, 15) is 18.0 Å². The highest BCUT2D eigenvalue weighted by molar-refractivity contribution is 6.32. The van der Waals surface area contributed by atoms with Gasteiger partial charge in [0.1, 0.15) is 5.15 Å². The molecule has 0 bridgehead atoms. The lowest BCUT2D eigenvalue weighted by Crippen LogP contribution is -2.10. The van der Waals surface area contributed by atoms with Crippen molar-refractivity contribution < 1.29 is 18.0 Å². The summed E-state index contributed by atoms with van der Waals surface area (Å²) >= 11 is 5.69. The fraction of sp³-hybridized carbons (Fsp3) is 0.600. The zero-order chi connectivity index (χ0) is 13.2. The second kappa shape index (κ2) is 5.08. The van der Waals surface area contributed by atoms with E-state index in [2.05, 4.69) is 5.10 Å². The van der Waals surface area contributed by atoms with Gasteiger partial charge in [0.05, 0.1) is 5.56 Å². The second-order valence-electron chi connectivity index (χ2n) is 4.07. The van der Waals surface area contributed by atoms with E-state index in [4.69, 9.17) is 11.6 Å². The van der Waals surface area contributed by atoms with Crippen LogP contribution in [-0.4, -0.2) is 16.1 Å². The topological polar surface area (TPSA) is 34.9 Å². The van der Waals surface area contributed by atoms with E-state index >= 15 is 0 Å². The zero-order valence-corrected chi connectivity index (χ0v) is 10.1. The summed E-state index contributed by atoms with van der Waals surface area (Å²) in [6.07, 6.45) is -3.94. The largest absolute Gasteiger partial charge is 0.435 e. The van der Waals surface area contributed by atoms with Gasteiger partial charge in [-0.25, -0.2) is 0 Å². The van der Waals surface area contributed by atoms with Crippen molar-refractivity contribution in [2.45, 2.75) is 33.0 Å². The van der Waals surface area contributed by atoms with Gasteiger partial charge in [-0.05, 0) is 12.3 Å². The number of carbonyl (C=O) groups excluding carboxylic acids is 1. The quantitative estimate of drug-likeness (QED) is 0.785. The van der Waals surface area contributed by atoms with E-state index in [0.29, 0.717) is 12.3 Å². The summed E-state index contributed by atoms with van der Waals surface area (Å²) in [4.78, 5) is 10.6. The lowest BCUT2D eigenvalue weighted by Gasteiger charge is -2.05. The molecule has 7 heteroatoms. The van der Waals surface area contributed by atoms with Crippen molar-refractivity contribution in [2.75, 3.05) is 0 Å². The number of alkyl halides is 3. The van der Waals surface area contributed by atoms with Crippen LogP contribution in [0.2, 0.25) is 5.15 Å². The van der Waals surface area contributed by atoms with Gasteiger partial charge in [0.15, 0.2) is 12.0 Å². The Bertz CT molecular complexity index is 412. The molecule has 0 spiro atoms. The van der Waals surface area contributed by atoms with Crippen LogP contribution in [0.4, 0.5) is 13.2 Å². The summed E-state index contributed by atoms with van der Waals surface area (Å²) in [5.41, 5.74) is -1.82. The predicted octanol–water partition coefficient (Wildman–Crippen LogP) is 3.41. The highest BCUT2D eigenvalue weighted by atomic mass is 35.5. The molecule has 0 aliphatic heterocycles. The molecule has 0 unspecified atom stereocenters. The van der Waals surface area contributed by atoms with Gasteiger partial charge in [-0.1, -0.05) is 25.4 Å². The molecule has 0 saturated heterocycles. The van der Waals surface area contributed by atoms with Crippen LogP contribution in [0.1, 0.15) is 36.3 Å². The average Bonchev–Trinajstić information content (AvgIpc) is 2.51. The lowest BCUT2D eigenvalue weighted by atomic mass is 10.1. The van der Waals surface area contributed by atoms with E-state index < -0.39 is 17.4 Å². The van der Waals surface area contributed by atoms with Gasteiger partial charge >= 0.3 is 6.18 Å². The lowest BCUT2D eigenvalue weighted by molar-refractivity contribution is -0.141.